The highest BCUT2D eigenvalue weighted by molar-refractivity contribution is 5.86. The Kier molecular flexibility index (Phi) is 5.72. The largest absolute Gasteiger partial charge is 0.416 e. The van der Waals surface area contributed by atoms with Crippen molar-refractivity contribution in [2.75, 3.05) is 20.1 Å². The Balaban J connectivity index is 1.59. The molecule has 0 bridgehead atoms. The van der Waals surface area contributed by atoms with Crippen molar-refractivity contribution < 1.29 is 22.8 Å². The molecule has 0 saturated carbocycles. The minimum absolute atomic E-state index is 0.0485. The summed E-state index contributed by atoms with van der Waals surface area (Å²) in [5.74, 6) is -0.343. The van der Waals surface area contributed by atoms with Gasteiger partial charge in [0.1, 0.15) is 0 Å². The van der Waals surface area contributed by atoms with E-state index in [4.69, 9.17) is 0 Å². The highest BCUT2D eigenvalue weighted by Gasteiger charge is 2.33. The van der Waals surface area contributed by atoms with Crippen molar-refractivity contribution in [1.82, 2.24) is 9.80 Å². The Morgan fingerprint density at radius 3 is 2.54 bits per heavy atom. The maximum Gasteiger partial charge on any atom is 0.416 e. The average Bonchev–Trinajstić information content (AvgIpc) is 3.02. The SMILES string of the molecule is CN(Cc1cccc(C(F)(F)F)c1)C(=O)CN1CC(c2ccccc2)CC1=O. The van der Waals surface area contributed by atoms with Gasteiger partial charge in [0.05, 0.1) is 12.1 Å². The van der Waals surface area contributed by atoms with Crippen molar-refractivity contribution >= 4 is 11.8 Å². The molecule has 2 aromatic rings. The first-order valence-electron chi connectivity index (χ1n) is 8.97. The molecule has 0 aromatic heterocycles. The smallest absolute Gasteiger partial charge is 0.340 e. The van der Waals surface area contributed by atoms with Gasteiger partial charge in [-0.3, -0.25) is 9.59 Å². The number of carbonyl (C=O) groups excluding carboxylic acids is 2. The third kappa shape index (κ3) is 4.71. The van der Waals surface area contributed by atoms with Gasteiger partial charge in [-0.2, -0.15) is 13.2 Å². The van der Waals surface area contributed by atoms with Crippen LogP contribution < -0.4 is 0 Å². The summed E-state index contributed by atoms with van der Waals surface area (Å²) < 4.78 is 38.5. The van der Waals surface area contributed by atoms with E-state index >= 15 is 0 Å². The molecular formula is C21H21F3N2O2. The van der Waals surface area contributed by atoms with E-state index in [0.717, 1.165) is 17.7 Å². The second-order valence-electron chi connectivity index (χ2n) is 7.03. The van der Waals surface area contributed by atoms with Crippen LogP contribution in [0.3, 0.4) is 0 Å². The minimum atomic E-state index is -4.42. The van der Waals surface area contributed by atoms with Crippen LogP contribution in [-0.4, -0.2) is 41.8 Å². The quantitative estimate of drug-likeness (QED) is 0.782. The zero-order valence-corrected chi connectivity index (χ0v) is 15.4. The molecule has 1 aliphatic rings. The topological polar surface area (TPSA) is 40.6 Å². The second kappa shape index (κ2) is 8.04. The summed E-state index contributed by atoms with van der Waals surface area (Å²) in [5, 5.41) is 0. The van der Waals surface area contributed by atoms with E-state index in [-0.39, 0.29) is 30.8 Å². The summed E-state index contributed by atoms with van der Waals surface area (Å²) in [7, 11) is 1.53. The van der Waals surface area contributed by atoms with Crippen molar-refractivity contribution in [3.63, 3.8) is 0 Å². The molecule has 1 saturated heterocycles. The number of likely N-dealkylation sites (tertiary alicyclic amines) is 1. The van der Waals surface area contributed by atoms with Gasteiger partial charge in [0.15, 0.2) is 0 Å². The van der Waals surface area contributed by atoms with Crippen LogP contribution in [0.15, 0.2) is 54.6 Å². The van der Waals surface area contributed by atoms with E-state index in [1.165, 1.54) is 22.9 Å². The Bertz CT molecular complexity index is 852. The molecule has 28 heavy (non-hydrogen) atoms. The van der Waals surface area contributed by atoms with Gasteiger partial charge >= 0.3 is 6.18 Å². The molecular weight excluding hydrogens is 369 g/mol. The number of hydrogen-bond acceptors (Lipinski definition) is 2. The molecule has 3 rings (SSSR count). The van der Waals surface area contributed by atoms with Gasteiger partial charge < -0.3 is 9.80 Å². The van der Waals surface area contributed by atoms with Crippen molar-refractivity contribution in [1.29, 1.82) is 0 Å². The molecule has 1 unspecified atom stereocenters. The summed E-state index contributed by atoms with van der Waals surface area (Å²) in [6, 6.07) is 14.6. The molecule has 7 heteroatoms. The number of alkyl halides is 3. The molecule has 1 atom stereocenters. The van der Waals surface area contributed by atoms with Crippen LogP contribution in [-0.2, 0) is 22.3 Å². The number of carbonyl (C=O) groups is 2. The molecule has 1 fully saturated rings. The Labute approximate surface area is 161 Å². The molecule has 2 amide bonds. The number of halogens is 3. The summed E-state index contributed by atoms with van der Waals surface area (Å²) in [6.07, 6.45) is -4.07. The van der Waals surface area contributed by atoms with E-state index in [0.29, 0.717) is 18.5 Å². The number of nitrogens with zero attached hydrogens (tertiary/aromatic N) is 2. The molecule has 1 heterocycles. The van der Waals surface area contributed by atoms with E-state index in [9.17, 15) is 22.8 Å². The lowest BCUT2D eigenvalue weighted by Gasteiger charge is -2.22. The van der Waals surface area contributed by atoms with Crippen LogP contribution in [0.5, 0.6) is 0 Å². The Morgan fingerprint density at radius 2 is 1.86 bits per heavy atom. The fourth-order valence-electron chi connectivity index (χ4n) is 3.37. The average molecular weight is 390 g/mol. The van der Waals surface area contributed by atoms with Gasteiger partial charge in [-0.15, -0.1) is 0 Å². The van der Waals surface area contributed by atoms with Crippen molar-refractivity contribution in [3.8, 4) is 0 Å². The van der Waals surface area contributed by atoms with Gasteiger partial charge in [-0.05, 0) is 23.3 Å². The van der Waals surface area contributed by atoms with E-state index in [1.807, 2.05) is 30.3 Å². The van der Waals surface area contributed by atoms with Crippen molar-refractivity contribution in [3.05, 3.63) is 71.3 Å². The lowest BCUT2D eigenvalue weighted by Crippen LogP contribution is -2.38. The molecule has 4 nitrogen and oxygen atoms in total. The first kappa shape index (κ1) is 19.9. The van der Waals surface area contributed by atoms with E-state index in [1.54, 1.807) is 6.07 Å². The molecule has 0 spiro atoms. The van der Waals surface area contributed by atoms with Gasteiger partial charge in [-0.25, -0.2) is 0 Å². The van der Waals surface area contributed by atoms with E-state index in [2.05, 4.69) is 0 Å². The molecule has 0 N–H and O–H groups in total. The minimum Gasteiger partial charge on any atom is -0.340 e. The van der Waals surface area contributed by atoms with Crippen LogP contribution in [0.2, 0.25) is 0 Å². The van der Waals surface area contributed by atoms with Crippen LogP contribution >= 0.6 is 0 Å². The fraction of sp³-hybridized carbons (Fsp3) is 0.333. The fourth-order valence-corrected chi connectivity index (χ4v) is 3.37. The molecule has 2 aromatic carbocycles. The maximum absolute atomic E-state index is 12.8. The standard InChI is InChI=1S/C21H21F3N2O2/c1-25(12-15-6-5-9-18(10-15)21(22,23)24)20(28)14-26-13-17(11-19(26)27)16-7-3-2-4-8-16/h2-10,17H,11-14H2,1H3. The Hall–Kier alpha value is -2.83. The van der Waals surface area contributed by atoms with Gasteiger partial charge in [0.2, 0.25) is 11.8 Å². The first-order valence-corrected chi connectivity index (χ1v) is 8.97. The first-order chi connectivity index (χ1) is 13.2. The monoisotopic (exact) mass is 390 g/mol. The van der Waals surface area contributed by atoms with Gasteiger partial charge in [0, 0.05) is 32.5 Å². The molecule has 148 valence electrons. The van der Waals surface area contributed by atoms with Crippen LogP contribution in [0.1, 0.15) is 29.0 Å². The summed E-state index contributed by atoms with van der Waals surface area (Å²) in [6.45, 7) is 0.441. The predicted molar refractivity (Wildman–Crippen MR) is 98.3 cm³/mol. The lowest BCUT2D eigenvalue weighted by atomic mass is 9.99. The van der Waals surface area contributed by atoms with E-state index < -0.39 is 11.7 Å². The number of rotatable bonds is 5. The third-order valence-corrected chi connectivity index (χ3v) is 4.91. The Morgan fingerprint density at radius 1 is 1.14 bits per heavy atom. The maximum atomic E-state index is 12.8. The van der Waals surface area contributed by atoms with Crippen molar-refractivity contribution in [2.45, 2.75) is 25.1 Å². The second-order valence-corrected chi connectivity index (χ2v) is 7.03. The number of hydrogen-bond donors (Lipinski definition) is 0. The van der Waals surface area contributed by atoms with Crippen LogP contribution in [0.25, 0.3) is 0 Å². The number of amides is 2. The van der Waals surface area contributed by atoms with Gasteiger partial charge in [-0.1, -0.05) is 42.5 Å². The van der Waals surface area contributed by atoms with Crippen molar-refractivity contribution in [2.24, 2.45) is 0 Å². The highest BCUT2D eigenvalue weighted by Crippen LogP contribution is 2.30. The molecule has 0 aliphatic carbocycles. The number of likely N-dealkylation sites (N-methyl/N-ethyl adjacent to an activating group) is 1. The zero-order valence-electron chi connectivity index (χ0n) is 15.4. The molecule has 1 aliphatic heterocycles. The lowest BCUT2D eigenvalue weighted by molar-refractivity contribution is -0.138. The third-order valence-electron chi connectivity index (χ3n) is 4.91. The summed E-state index contributed by atoms with van der Waals surface area (Å²) >= 11 is 0. The van der Waals surface area contributed by atoms with Gasteiger partial charge in [0.25, 0.3) is 0 Å². The van der Waals surface area contributed by atoms with Crippen LogP contribution in [0.4, 0.5) is 13.2 Å². The molecule has 0 radical (unpaired) electrons. The highest BCUT2D eigenvalue weighted by atomic mass is 19.4. The zero-order chi connectivity index (χ0) is 20.3. The summed E-state index contributed by atoms with van der Waals surface area (Å²) in [4.78, 5) is 27.6. The normalized spacial score (nSPS) is 17.1. The predicted octanol–water partition coefficient (Wildman–Crippen LogP) is 3.68. The number of benzene rings is 2. The summed E-state index contributed by atoms with van der Waals surface area (Å²) in [5.41, 5.74) is 0.704. The van der Waals surface area contributed by atoms with Crippen LogP contribution in [0, 0.1) is 0 Å².